The molecule has 0 aliphatic rings. The largest absolute Gasteiger partial charge is 0.463 e. The van der Waals surface area contributed by atoms with Gasteiger partial charge in [0.2, 0.25) is 17.7 Å². The third-order valence-corrected chi connectivity index (χ3v) is 8.01. The van der Waals surface area contributed by atoms with Gasteiger partial charge in [-0.1, -0.05) is 65.8 Å². The summed E-state index contributed by atoms with van der Waals surface area (Å²) in [4.78, 5) is 66.6. The van der Waals surface area contributed by atoms with E-state index in [1.165, 1.54) is 48.4 Å². The predicted molar refractivity (Wildman–Crippen MR) is 183 cm³/mol. The van der Waals surface area contributed by atoms with Crippen molar-refractivity contribution in [3.8, 4) is 0 Å². The third-order valence-electron chi connectivity index (χ3n) is 8.01. The lowest BCUT2D eigenvalue weighted by Gasteiger charge is -2.32. The Labute approximate surface area is 288 Å². The minimum absolute atomic E-state index is 0.0212. The Balaban J connectivity index is 1.68. The normalized spacial score (nSPS) is 13.0. The molecule has 262 valence electrons. The molecule has 13 heteroatoms. The number of aryl methyl sites for hydroxylation is 1. The van der Waals surface area contributed by atoms with Crippen LogP contribution in [0.2, 0.25) is 0 Å². The monoisotopic (exact) mass is 685 g/mol. The number of rotatable bonds is 16. The molecular weight excluding hydrogens is 645 g/mol. The van der Waals surface area contributed by atoms with E-state index in [-0.39, 0.29) is 38.0 Å². The number of carbonyl (C=O) groups is 5. The van der Waals surface area contributed by atoms with Gasteiger partial charge in [-0.25, -0.2) is 9.18 Å². The first-order valence-electron chi connectivity index (χ1n) is 16.1. The van der Waals surface area contributed by atoms with Crippen molar-refractivity contribution in [3.05, 3.63) is 113 Å². The Kier molecular flexibility index (Phi) is 13.0. The number of aromatic nitrogens is 1. The molecule has 0 aliphatic carbocycles. The van der Waals surface area contributed by atoms with Gasteiger partial charge >= 0.3 is 5.97 Å². The minimum Gasteiger partial charge on any atom is -0.463 e. The minimum atomic E-state index is -1.18. The quantitative estimate of drug-likeness (QED) is 0.119. The molecular formula is C37H40FN5O7. The van der Waals surface area contributed by atoms with Gasteiger partial charge in [0.1, 0.15) is 23.7 Å². The maximum absolute atomic E-state index is 14.4. The van der Waals surface area contributed by atoms with Crippen LogP contribution in [-0.2, 0) is 36.8 Å². The summed E-state index contributed by atoms with van der Waals surface area (Å²) in [5, 5.41) is 11.2. The number of fused-ring (bicyclic) bond motifs is 1. The molecule has 0 radical (unpaired) electrons. The first kappa shape index (κ1) is 37.0. The first-order valence-corrected chi connectivity index (χ1v) is 16.1. The van der Waals surface area contributed by atoms with Crippen LogP contribution < -0.4 is 16.4 Å². The summed E-state index contributed by atoms with van der Waals surface area (Å²) in [7, 11) is 1.44. The average Bonchev–Trinajstić information content (AvgIpc) is 3.54. The average molecular weight is 686 g/mol. The number of esters is 1. The number of hydrogen-bond donors (Lipinski definition) is 3. The second-order valence-electron chi connectivity index (χ2n) is 11.7. The van der Waals surface area contributed by atoms with Gasteiger partial charge < -0.3 is 30.5 Å². The van der Waals surface area contributed by atoms with Gasteiger partial charge in [0.25, 0.3) is 5.91 Å². The number of nitrogens with two attached hydrogens (primary N) is 1. The molecule has 4 N–H and O–H groups in total. The van der Waals surface area contributed by atoms with Gasteiger partial charge in [-0.05, 0) is 54.3 Å². The number of benzene rings is 3. The molecule has 3 aromatic carbocycles. The van der Waals surface area contributed by atoms with E-state index >= 15 is 0 Å². The maximum Gasteiger partial charge on any atom is 0.330 e. The highest BCUT2D eigenvalue weighted by Gasteiger charge is 2.34. The van der Waals surface area contributed by atoms with E-state index in [1.807, 2.05) is 42.5 Å². The zero-order chi connectivity index (χ0) is 36.2. The Bertz CT molecular complexity index is 1850. The zero-order valence-electron chi connectivity index (χ0n) is 28.1. The number of hydrogen-bond acceptors (Lipinski definition) is 8. The number of halogens is 1. The number of amides is 4. The van der Waals surface area contributed by atoms with E-state index in [0.29, 0.717) is 11.3 Å². The van der Waals surface area contributed by atoms with E-state index in [2.05, 4.69) is 15.8 Å². The number of ether oxygens (including phenoxy) is 1. The Hall–Kier alpha value is -5.85. The van der Waals surface area contributed by atoms with Crippen LogP contribution in [0.5, 0.6) is 0 Å². The first-order chi connectivity index (χ1) is 23.9. The van der Waals surface area contributed by atoms with Crippen LogP contribution in [0.25, 0.3) is 10.8 Å². The van der Waals surface area contributed by atoms with Crippen LogP contribution >= 0.6 is 0 Å². The Morgan fingerprint density at radius 3 is 2.40 bits per heavy atom. The van der Waals surface area contributed by atoms with E-state index in [1.54, 1.807) is 13.8 Å². The summed E-state index contributed by atoms with van der Waals surface area (Å²) in [5.41, 5.74) is 6.66. The molecule has 1 aromatic heterocycles. The molecule has 12 nitrogen and oxygen atoms in total. The Morgan fingerprint density at radius 2 is 1.72 bits per heavy atom. The summed E-state index contributed by atoms with van der Waals surface area (Å²) >= 11 is 0. The second kappa shape index (κ2) is 17.5. The summed E-state index contributed by atoms with van der Waals surface area (Å²) in [6.45, 7) is 3.42. The van der Waals surface area contributed by atoms with Crippen LogP contribution in [0.3, 0.4) is 0 Å². The van der Waals surface area contributed by atoms with Crippen molar-refractivity contribution in [3.63, 3.8) is 0 Å². The smallest absolute Gasteiger partial charge is 0.330 e. The van der Waals surface area contributed by atoms with Crippen molar-refractivity contribution in [2.75, 3.05) is 13.7 Å². The standard InChI is InChI=1S/C37H40FN5O7/c1-4-49-34(45)19-17-28(16-18-33(39)44)40-36(47)32(21-24-12-14-27(38)15-13-24)43(3)37(48)31(41-35(46)30-20-23(2)50-42-30)22-26-10-7-9-25-8-5-6-11-29(25)26/h5-15,17,19-20,28,31-32H,4,16,18,21-22H2,1-3H3,(H2,39,44)(H,40,47)(H,41,46)/b19-17+/t28-,31?,32-/m0/s1. The predicted octanol–water partition coefficient (Wildman–Crippen LogP) is 3.56. The molecule has 4 amide bonds. The van der Waals surface area contributed by atoms with Gasteiger partial charge in [0.05, 0.1) is 6.61 Å². The van der Waals surface area contributed by atoms with Crippen molar-refractivity contribution < 1.29 is 37.6 Å². The van der Waals surface area contributed by atoms with Crippen molar-refractivity contribution in [1.82, 2.24) is 20.7 Å². The van der Waals surface area contributed by atoms with Crippen molar-refractivity contribution >= 4 is 40.4 Å². The molecule has 4 aromatic rings. The molecule has 50 heavy (non-hydrogen) atoms. The van der Waals surface area contributed by atoms with E-state index in [9.17, 15) is 28.4 Å². The molecule has 4 rings (SSSR count). The zero-order valence-corrected chi connectivity index (χ0v) is 28.1. The topological polar surface area (TPSA) is 174 Å². The molecule has 0 bridgehead atoms. The summed E-state index contributed by atoms with van der Waals surface area (Å²) < 4.78 is 23.8. The highest BCUT2D eigenvalue weighted by Crippen LogP contribution is 2.21. The fourth-order valence-electron chi connectivity index (χ4n) is 5.42. The van der Waals surface area contributed by atoms with Crippen molar-refractivity contribution in [1.29, 1.82) is 0 Å². The summed E-state index contributed by atoms with van der Waals surface area (Å²) in [5.74, 6) is -3.20. The molecule has 0 saturated carbocycles. The van der Waals surface area contributed by atoms with Crippen LogP contribution in [0, 0.1) is 12.7 Å². The van der Waals surface area contributed by atoms with Gasteiger partial charge in [0.15, 0.2) is 5.69 Å². The number of primary amides is 1. The second-order valence-corrected chi connectivity index (χ2v) is 11.7. The maximum atomic E-state index is 14.4. The fraction of sp³-hybridized carbons (Fsp3) is 0.297. The van der Waals surface area contributed by atoms with Gasteiger partial charge in [-0.3, -0.25) is 19.2 Å². The van der Waals surface area contributed by atoms with Crippen LogP contribution in [0.4, 0.5) is 4.39 Å². The fourth-order valence-corrected chi connectivity index (χ4v) is 5.42. The molecule has 3 atom stereocenters. The Morgan fingerprint density at radius 1 is 1.00 bits per heavy atom. The number of nitrogens with zero attached hydrogens (tertiary/aromatic N) is 2. The van der Waals surface area contributed by atoms with Crippen LogP contribution in [0.1, 0.15) is 47.1 Å². The molecule has 0 fully saturated rings. The van der Waals surface area contributed by atoms with Gasteiger partial charge in [-0.15, -0.1) is 0 Å². The number of likely N-dealkylation sites (N-methyl/N-ethyl adjacent to an activating group) is 1. The lowest BCUT2D eigenvalue weighted by molar-refractivity contribution is -0.140. The lowest BCUT2D eigenvalue weighted by atomic mass is 9.97. The lowest BCUT2D eigenvalue weighted by Crippen LogP contribution is -2.56. The van der Waals surface area contributed by atoms with E-state index in [0.717, 1.165) is 22.4 Å². The summed E-state index contributed by atoms with van der Waals surface area (Å²) in [6, 6.07) is 17.0. The van der Waals surface area contributed by atoms with Crippen LogP contribution in [0.15, 0.2) is 89.5 Å². The van der Waals surface area contributed by atoms with E-state index in [4.69, 9.17) is 15.0 Å². The van der Waals surface area contributed by atoms with Crippen molar-refractivity contribution in [2.45, 2.75) is 57.7 Å². The van der Waals surface area contributed by atoms with Gasteiger partial charge in [-0.2, -0.15) is 0 Å². The third kappa shape index (κ3) is 10.3. The molecule has 0 saturated heterocycles. The number of carbonyl (C=O) groups excluding carboxylic acids is 5. The highest BCUT2D eigenvalue weighted by atomic mass is 19.1. The van der Waals surface area contributed by atoms with Crippen LogP contribution in [-0.4, -0.2) is 71.4 Å². The highest BCUT2D eigenvalue weighted by molar-refractivity contribution is 5.98. The van der Waals surface area contributed by atoms with Gasteiger partial charge in [0, 0.05) is 44.5 Å². The van der Waals surface area contributed by atoms with Crippen molar-refractivity contribution in [2.24, 2.45) is 5.73 Å². The SMILES string of the molecule is CCOC(=O)/C=C/[C@H](CCC(N)=O)NC(=O)[C@H](Cc1ccc(F)cc1)N(C)C(=O)C(Cc1cccc2ccccc12)NC(=O)c1cc(C)on1. The molecule has 0 spiro atoms. The molecule has 0 aliphatic heterocycles. The molecule has 1 heterocycles. The molecule has 1 unspecified atom stereocenters. The van der Waals surface area contributed by atoms with E-state index < -0.39 is 53.5 Å². The summed E-state index contributed by atoms with van der Waals surface area (Å²) in [6.07, 6.45) is 2.53. The number of nitrogens with one attached hydrogen (secondary N) is 2.